The molecule has 4 heteroatoms. The average molecular weight is 250 g/mol. The Hall–Kier alpha value is -0.900. The van der Waals surface area contributed by atoms with Crippen molar-refractivity contribution in [2.45, 2.75) is 58.9 Å². The van der Waals surface area contributed by atoms with Crippen LogP contribution in [0.15, 0.2) is 6.33 Å². The highest BCUT2D eigenvalue weighted by molar-refractivity contribution is 5.00. The Balaban J connectivity index is 1.99. The fourth-order valence-electron chi connectivity index (χ4n) is 2.79. The van der Waals surface area contributed by atoms with Crippen LogP contribution in [0.2, 0.25) is 0 Å². The fraction of sp³-hybridized carbons (Fsp3) is 0.857. The third kappa shape index (κ3) is 2.91. The highest BCUT2D eigenvalue weighted by atomic mass is 15.3. The topological polar surface area (TPSA) is 42.7 Å². The van der Waals surface area contributed by atoms with Crippen molar-refractivity contribution in [3.05, 3.63) is 12.2 Å². The number of aromatic nitrogens is 3. The highest BCUT2D eigenvalue weighted by Crippen LogP contribution is 2.43. The van der Waals surface area contributed by atoms with Gasteiger partial charge in [0.2, 0.25) is 0 Å². The fourth-order valence-corrected chi connectivity index (χ4v) is 2.79. The molecule has 0 aromatic carbocycles. The van der Waals surface area contributed by atoms with Crippen molar-refractivity contribution < 1.29 is 0 Å². The lowest BCUT2D eigenvalue weighted by molar-refractivity contribution is 0.125. The quantitative estimate of drug-likeness (QED) is 0.756. The van der Waals surface area contributed by atoms with Crippen LogP contribution in [0.25, 0.3) is 0 Å². The molecule has 0 radical (unpaired) electrons. The third-order valence-corrected chi connectivity index (χ3v) is 4.01. The smallest absolute Gasteiger partial charge is 0.138 e. The van der Waals surface area contributed by atoms with Gasteiger partial charge in [-0.15, -0.1) is 0 Å². The predicted octanol–water partition coefficient (Wildman–Crippen LogP) is 2.57. The van der Waals surface area contributed by atoms with E-state index in [4.69, 9.17) is 0 Å². The van der Waals surface area contributed by atoms with Crippen molar-refractivity contribution in [3.8, 4) is 0 Å². The molecule has 0 saturated heterocycles. The minimum absolute atomic E-state index is 0.406. The number of hydrogen-bond donors (Lipinski definition) is 1. The van der Waals surface area contributed by atoms with Gasteiger partial charge in [-0.2, -0.15) is 5.10 Å². The summed E-state index contributed by atoms with van der Waals surface area (Å²) in [4.78, 5) is 4.46. The zero-order chi connectivity index (χ0) is 13.0. The van der Waals surface area contributed by atoms with Crippen LogP contribution in [0, 0.1) is 5.41 Å². The van der Waals surface area contributed by atoms with Crippen molar-refractivity contribution in [1.29, 1.82) is 0 Å². The van der Waals surface area contributed by atoms with E-state index in [0.717, 1.165) is 25.3 Å². The lowest BCUT2D eigenvalue weighted by atomic mass is 9.66. The molecule has 0 spiro atoms. The summed E-state index contributed by atoms with van der Waals surface area (Å²) in [5, 5.41) is 7.92. The van der Waals surface area contributed by atoms with Crippen LogP contribution < -0.4 is 5.32 Å². The zero-order valence-corrected chi connectivity index (χ0v) is 11.9. The maximum absolute atomic E-state index is 4.46. The molecular weight excluding hydrogens is 224 g/mol. The maximum atomic E-state index is 4.46. The van der Waals surface area contributed by atoms with E-state index >= 15 is 0 Å². The van der Waals surface area contributed by atoms with E-state index in [2.05, 4.69) is 40.9 Å². The molecule has 1 N–H and O–H groups in total. The van der Waals surface area contributed by atoms with Crippen LogP contribution in [-0.2, 0) is 6.42 Å². The van der Waals surface area contributed by atoms with E-state index in [-0.39, 0.29) is 0 Å². The summed E-state index contributed by atoms with van der Waals surface area (Å²) in [7, 11) is 0. The molecule has 0 unspecified atom stereocenters. The molecule has 1 heterocycles. The Kier molecular flexibility index (Phi) is 4.38. The molecule has 2 rings (SSSR count). The summed E-state index contributed by atoms with van der Waals surface area (Å²) in [5.41, 5.74) is 0.439. The summed E-state index contributed by atoms with van der Waals surface area (Å²) >= 11 is 0. The van der Waals surface area contributed by atoms with Crippen LogP contribution in [0.1, 0.15) is 58.3 Å². The van der Waals surface area contributed by atoms with E-state index in [0.29, 0.717) is 11.5 Å². The van der Waals surface area contributed by atoms with Crippen LogP contribution in [0.4, 0.5) is 0 Å². The first kappa shape index (κ1) is 13.5. The van der Waals surface area contributed by atoms with E-state index in [1.165, 1.54) is 25.7 Å². The number of nitrogens with zero attached hydrogens (tertiary/aromatic N) is 3. The van der Waals surface area contributed by atoms with E-state index < -0.39 is 0 Å². The van der Waals surface area contributed by atoms with E-state index in [1.807, 2.05) is 0 Å². The first-order valence-electron chi connectivity index (χ1n) is 7.26. The third-order valence-electron chi connectivity index (χ3n) is 4.01. The standard InChI is InChI=1S/C14H26N4/c1-4-8-15-10-14(6-5-7-14)9-13-16-11-17-18(13)12(2)3/h11-12,15H,4-10H2,1-3H3. The van der Waals surface area contributed by atoms with Crippen molar-refractivity contribution >= 4 is 0 Å². The second-order valence-electron chi connectivity index (χ2n) is 5.92. The van der Waals surface area contributed by atoms with Gasteiger partial charge >= 0.3 is 0 Å². The number of hydrogen-bond acceptors (Lipinski definition) is 3. The number of nitrogens with one attached hydrogen (secondary N) is 1. The summed E-state index contributed by atoms with van der Waals surface area (Å²) in [5.74, 6) is 1.16. The van der Waals surface area contributed by atoms with Crippen LogP contribution >= 0.6 is 0 Å². The lowest BCUT2D eigenvalue weighted by Gasteiger charge is -2.42. The molecule has 4 nitrogen and oxygen atoms in total. The minimum Gasteiger partial charge on any atom is -0.316 e. The van der Waals surface area contributed by atoms with Crippen LogP contribution in [0.3, 0.4) is 0 Å². The largest absolute Gasteiger partial charge is 0.316 e. The normalized spacial score (nSPS) is 18.0. The van der Waals surface area contributed by atoms with Crippen molar-refractivity contribution in [2.75, 3.05) is 13.1 Å². The minimum atomic E-state index is 0.406. The molecule has 1 aromatic heterocycles. The van der Waals surface area contributed by atoms with Crippen molar-refractivity contribution in [2.24, 2.45) is 5.41 Å². The molecule has 0 atom stereocenters. The van der Waals surface area contributed by atoms with E-state index in [9.17, 15) is 0 Å². The van der Waals surface area contributed by atoms with Gasteiger partial charge in [-0.25, -0.2) is 9.67 Å². The van der Waals surface area contributed by atoms with Gasteiger partial charge < -0.3 is 5.32 Å². The molecule has 0 bridgehead atoms. The molecule has 0 amide bonds. The van der Waals surface area contributed by atoms with Crippen molar-refractivity contribution in [1.82, 2.24) is 20.1 Å². The van der Waals surface area contributed by atoms with E-state index in [1.54, 1.807) is 6.33 Å². The molecule has 1 aliphatic carbocycles. The molecule has 1 saturated carbocycles. The van der Waals surface area contributed by atoms with Gasteiger partial charge in [0.15, 0.2) is 0 Å². The van der Waals surface area contributed by atoms with Gasteiger partial charge in [0.25, 0.3) is 0 Å². The SMILES string of the molecule is CCCNCC1(Cc2ncnn2C(C)C)CCC1. The first-order chi connectivity index (χ1) is 8.67. The molecule has 1 aromatic rings. The Morgan fingerprint density at radius 2 is 2.22 bits per heavy atom. The molecule has 1 aliphatic rings. The second kappa shape index (κ2) is 5.83. The monoisotopic (exact) mass is 250 g/mol. The van der Waals surface area contributed by atoms with Crippen LogP contribution in [0.5, 0.6) is 0 Å². The lowest BCUT2D eigenvalue weighted by Crippen LogP contribution is -2.42. The molecular formula is C14H26N4. The van der Waals surface area contributed by atoms with Gasteiger partial charge in [-0.3, -0.25) is 0 Å². The summed E-state index contributed by atoms with van der Waals surface area (Å²) < 4.78 is 2.07. The van der Waals surface area contributed by atoms with Gasteiger partial charge in [0.05, 0.1) is 0 Å². The Labute approximate surface area is 110 Å². The number of rotatable bonds is 7. The average Bonchev–Trinajstić information content (AvgIpc) is 2.74. The Morgan fingerprint density at radius 3 is 2.78 bits per heavy atom. The molecule has 102 valence electrons. The van der Waals surface area contributed by atoms with Crippen LogP contribution in [-0.4, -0.2) is 27.9 Å². The van der Waals surface area contributed by atoms with Gasteiger partial charge in [0.1, 0.15) is 12.2 Å². The highest BCUT2D eigenvalue weighted by Gasteiger charge is 2.38. The predicted molar refractivity (Wildman–Crippen MR) is 73.6 cm³/mol. The first-order valence-corrected chi connectivity index (χ1v) is 7.26. The zero-order valence-electron chi connectivity index (χ0n) is 11.9. The van der Waals surface area contributed by atoms with Gasteiger partial charge in [0, 0.05) is 19.0 Å². The Bertz CT molecular complexity index is 366. The van der Waals surface area contributed by atoms with Gasteiger partial charge in [-0.1, -0.05) is 13.3 Å². The summed E-state index contributed by atoms with van der Waals surface area (Å²) in [6, 6.07) is 0.406. The molecule has 0 aliphatic heterocycles. The summed E-state index contributed by atoms with van der Waals surface area (Å²) in [6.45, 7) is 8.81. The maximum Gasteiger partial charge on any atom is 0.138 e. The van der Waals surface area contributed by atoms with Gasteiger partial charge in [-0.05, 0) is 45.1 Å². The van der Waals surface area contributed by atoms with Crippen molar-refractivity contribution in [3.63, 3.8) is 0 Å². The second-order valence-corrected chi connectivity index (χ2v) is 5.92. The Morgan fingerprint density at radius 1 is 1.44 bits per heavy atom. The summed E-state index contributed by atoms with van der Waals surface area (Å²) in [6.07, 6.45) is 7.99. The molecule has 18 heavy (non-hydrogen) atoms. The molecule has 1 fully saturated rings.